The Morgan fingerprint density at radius 3 is 2.50 bits per heavy atom. The highest BCUT2D eigenvalue weighted by atomic mass is 16.3. The lowest BCUT2D eigenvalue weighted by molar-refractivity contribution is -0.117. The Kier molecular flexibility index (Phi) is 6.36. The number of nitrogens with zero attached hydrogens (tertiary/aromatic N) is 1. The first-order valence-corrected chi connectivity index (χ1v) is 9.53. The van der Waals surface area contributed by atoms with Crippen molar-refractivity contribution in [2.45, 2.75) is 26.8 Å². The van der Waals surface area contributed by atoms with Crippen LogP contribution in [-0.4, -0.2) is 28.8 Å². The number of nitrogens with one attached hydrogen (secondary N) is 2. The van der Waals surface area contributed by atoms with E-state index in [2.05, 4.69) is 10.6 Å². The van der Waals surface area contributed by atoms with Crippen molar-refractivity contribution in [3.05, 3.63) is 77.0 Å². The van der Waals surface area contributed by atoms with Crippen LogP contribution in [0.3, 0.4) is 0 Å². The number of aryl methyl sites for hydroxylation is 1. The highest BCUT2D eigenvalue weighted by molar-refractivity contribution is 6.09. The minimum atomic E-state index is -0.498. The molecular formula is C22H24N4O4. The fraction of sp³-hybridized carbons (Fsp3) is 0.227. The zero-order chi connectivity index (χ0) is 21.7. The molecule has 30 heavy (non-hydrogen) atoms. The number of anilines is 1. The molecule has 8 heteroatoms. The monoisotopic (exact) mass is 408 g/mol. The van der Waals surface area contributed by atoms with Crippen LogP contribution in [0.1, 0.15) is 44.3 Å². The Balaban J connectivity index is 1.77. The molecule has 156 valence electrons. The minimum absolute atomic E-state index is 0.0436. The van der Waals surface area contributed by atoms with Gasteiger partial charge in [-0.1, -0.05) is 12.1 Å². The molecule has 0 unspecified atom stereocenters. The largest absolute Gasteiger partial charge is 0.467 e. The Morgan fingerprint density at radius 1 is 1.03 bits per heavy atom. The lowest BCUT2D eigenvalue weighted by Crippen LogP contribution is -2.28. The van der Waals surface area contributed by atoms with Gasteiger partial charge < -0.3 is 25.4 Å². The topological polar surface area (TPSA) is 119 Å². The molecule has 0 saturated carbocycles. The maximum Gasteiger partial charge on any atom is 0.257 e. The van der Waals surface area contributed by atoms with Crippen LogP contribution in [0.15, 0.2) is 53.1 Å². The molecule has 0 aliphatic carbocycles. The molecule has 0 saturated heterocycles. The lowest BCUT2D eigenvalue weighted by atomic mass is 10.1. The van der Waals surface area contributed by atoms with Gasteiger partial charge in [0, 0.05) is 24.4 Å². The SMILES string of the molecule is Cc1cc(C(=O)Nc2ccccc2C(=O)NCCC(N)=O)c(C)n1Cc1ccco1. The van der Waals surface area contributed by atoms with Crippen molar-refractivity contribution >= 4 is 23.4 Å². The molecule has 0 bridgehead atoms. The van der Waals surface area contributed by atoms with Crippen molar-refractivity contribution in [1.29, 1.82) is 0 Å². The summed E-state index contributed by atoms with van der Waals surface area (Å²) in [5, 5.41) is 5.45. The van der Waals surface area contributed by atoms with E-state index in [0.717, 1.165) is 17.1 Å². The van der Waals surface area contributed by atoms with Gasteiger partial charge in [-0.25, -0.2) is 0 Å². The van der Waals surface area contributed by atoms with Gasteiger partial charge in [0.05, 0.1) is 29.6 Å². The van der Waals surface area contributed by atoms with Gasteiger partial charge >= 0.3 is 0 Å². The molecule has 0 radical (unpaired) electrons. The van der Waals surface area contributed by atoms with Gasteiger partial charge in [0.1, 0.15) is 5.76 Å². The standard InChI is InChI=1S/C22H24N4O4/c1-14-12-18(15(2)26(14)13-16-6-5-11-30-16)22(29)25-19-8-4-3-7-17(19)21(28)24-10-9-20(23)27/h3-8,11-12H,9-10,13H2,1-2H3,(H2,23,27)(H,24,28)(H,25,29). The van der Waals surface area contributed by atoms with Crippen LogP contribution < -0.4 is 16.4 Å². The average molecular weight is 408 g/mol. The summed E-state index contributed by atoms with van der Waals surface area (Å²) in [4.78, 5) is 36.2. The van der Waals surface area contributed by atoms with Crippen LogP contribution in [0, 0.1) is 13.8 Å². The van der Waals surface area contributed by atoms with Gasteiger partial charge in [-0.15, -0.1) is 0 Å². The number of benzene rings is 1. The van der Waals surface area contributed by atoms with E-state index < -0.39 is 11.8 Å². The quantitative estimate of drug-likeness (QED) is 0.531. The number of hydrogen-bond acceptors (Lipinski definition) is 4. The molecule has 3 amide bonds. The van der Waals surface area contributed by atoms with Crippen molar-refractivity contribution in [2.24, 2.45) is 5.73 Å². The van der Waals surface area contributed by atoms with Gasteiger partial charge in [0.15, 0.2) is 0 Å². The molecule has 8 nitrogen and oxygen atoms in total. The average Bonchev–Trinajstić information content (AvgIpc) is 3.32. The van der Waals surface area contributed by atoms with Gasteiger partial charge in [0.25, 0.3) is 11.8 Å². The molecule has 0 aliphatic heterocycles. The van der Waals surface area contributed by atoms with E-state index in [1.807, 2.05) is 36.6 Å². The van der Waals surface area contributed by atoms with E-state index >= 15 is 0 Å². The predicted octanol–water partition coefficient (Wildman–Crippen LogP) is 2.60. The van der Waals surface area contributed by atoms with Crippen LogP contribution >= 0.6 is 0 Å². The van der Waals surface area contributed by atoms with Gasteiger partial charge in [-0.2, -0.15) is 0 Å². The highest BCUT2D eigenvalue weighted by Crippen LogP contribution is 2.21. The fourth-order valence-corrected chi connectivity index (χ4v) is 3.21. The summed E-state index contributed by atoms with van der Waals surface area (Å²) < 4.78 is 7.40. The second-order valence-corrected chi connectivity index (χ2v) is 6.92. The maximum absolute atomic E-state index is 12.9. The van der Waals surface area contributed by atoms with Crippen molar-refractivity contribution in [3.8, 4) is 0 Å². The molecule has 2 heterocycles. The number of carbonyl (C=O) groups excluding carboxylic acids is 3. The zero-order valence-electron chi connectivity index (χ0n) is 16.9. The van der Waals surface area contributed by atoms with Crippen LogP contribution in [0.4, 0.5) is 5.69 Å². The summed E-state index contributed by atoms with van der Waals surface area (Å²) in [6, 6.07) is 12.2. The second kappa shape index (κ2) is 9.13. The normalized spacial score (nSPS) is 10.6. The summed E-state index contributed by atoms with van der Waals surface area (Å²) in [6.45, 7) is 4.45. The number of amides is 3. The molecule has 0 spiro atoms. The van der Waals surface area contributed by atoms with Gasteiger partial charge in [-0.3, -0.25) is 14.4 Å². The number of aromatic nitrogens is 1. The number of hydrogen-bond donors (Lipinski definition) is 3. The summed E-state index contributed by atoms with van der Waals surface area (Å²) in [7, 11) is 0. The number of para-hydroxylation sites is 1. The molecule has 1 aromatic carbocycles. The Bertz CT molecular complexity index is 1070. The first-order chi connectivity index (χ1) is 14.4. The van der Waals surface area contributed by atoms with Gasteiger partial charge in [-0.05, 0) is 44.2 Å². The van der Waals surface area contributed by atoms with Crippen molar-refractivity contribution < 1.29 is 18.8 Å². The number of primary amides is 1. The van der Waals surface area contributed by atoms with Crippen LogP contribution in [0.2, 0.25) is 0 Å². The fourth-order valence-electron chi connectivity index (χ4n) is 3.21. The molecule has 3 aromatic rings. The Labute approximate surface area is 174 Å². The first kappa shape index (κ1) is 20.9. The van der Waals surface area contributed by atoms with E-state index in [0.29, 0.717) is 23.4 Å². The number of rotatable bonds is 8. The summed E-state index contributed by atoms with van der Waals surface area (Å²) >= 11 is 0. The molecule has 4 N–H and O–H groups in total. The van der Waals surface area contributed by atoms with E-state index in [1.54, 1.807) is 30.5 Å². The van der Waals surface area contributed by atoms with Crippen LogP contribution in [0.5, 0.6) is 0 Å². The van der Waals surface area contributed by atoms with E-state index in [1.165, 1.54) is 0 Å². The molecular weight excluding hydrogens is 384 g/mol. The van der Waals surface area contributed by atoms with E-state index in [9.17, 15) is 14.4 Å². The third-order valence-electron chi connectivity index (χ3n) is 4.79. The second-order valence-electron chi connectivity index (χ2n) is 6.92. The van der Waals surface area contributed by atoms with Crippen LogP contribution in [0.25, 0.3) is 0 Å². The Morgan fingerprint density at radius 2 is 1.80 bits per heavy atom. The summed E-state index contributed by atoms with van der Waals surface area (Å²) in [5.41, 5.74) is 8.02. The zero-order valence-corrected chi connectivity index (χ0v) is 16.9. The summed E-state index contributed by atoms with van der Waals surface area (Å²) in [6.07, 6.45) is 1.66. The molecule has 0 atom stereocenters. The van der Waals surface area contributed by atoms with Crippen molar-refractivity contribution in [1.82, 2.24) is 9.88 Å². The molecule has 3 rings (SSSR count). The van der Waals surface area contributed by atoms with Crippen molar-refractivity contribution in [2.75, 3.05) is 11.9 Å². The molecule has 0 aliphatic rings. The lowest BCUT2D eigenvalue weighted by Gasteiger charge is -2.12. The molecule has 2 aromatic heterocycles. The highest BCUT2D eigenvalue weighted by Gasteiger charge is 2.19. The van der Waals surface area contributed by atoms with Crippen LogP contribution in [-0.2, 0) is 11.3 Å². The Hall–Kier alpha value is -3.81. The number of carbonyl (C=O) groups is 3. The predicted molar refractivity (Wildman–Crippen MR) is 112 cm³/mol. The first-order valence-electron chi connectivity index (χ1n) is 9.53. The number of furan rings is 1. The third-order valence-corrected chi connectivity index (χ3v) is 4.79. The minimum Gasteiger partial charge on any atom is -0.467 e. The number of nitrogens with two attached hydrogens (primary N) is 1. The maximum atomic E-state index is 12.9. The van der Waals surface area contributed by atoms with E-state index in [4.69, 9.17) is 10.2 Å². The summed E-state index contributed by atoms with van der Waals surface area (Å²) in [5.74, 6) is -0.412. The molecule has 0 fully saturated rings. The third kappa shape index (κ3) is 4.78. The van der Waals surface area contributed by atoms with Crippen molar-refractivity contribution in [3.63, 3.8) is 0 Å². The van der Waals surface area contributed by atoms with Gasteiger partial charge in [0.2, 0.25) is 5.91 Å². The smallest absolute Gasteiger partial charge is 0.257 e. The van der Waals surface area contributed by atoms with E-state index in [-0.39, 0.29) is 18.9 Å².